The van der Waals surface area contributed by atoms with Gasteiger partial charge < -0.3 is 10.2 Å². The van der Waals surface area contributed by atoms with Crippen molar-refractivity contribution in [3.05, 3.63) is 53.3 Å². The van der Waals surface area contributed by atoms with Crippen molar-refractivity contribution in [1.29, 1.82) is 0 Å². The predicted molar refractivity (Wildman–Crippen MR) is 95.4 cm³/mol. The first-order valence-electron chi connectivity index (χ1n) is 8.72. The zero-order valence-electron chi connectivity index (χ0n) is 14.7. The average Bonchev–Trinajstić information content (AvgIpc) is 2.89. The quantitative estimate of drug-likeness (QED) is 0.926. The van der Waals surface area contributed by atoms with Crippen molar-refractivity contribution in [2.45, 2.75) is 32.7 Å². The summed E-state index contributed by atoms with van der Waals surface area (Å²) < 4.78 is 1.91. The summed E-state index contributed by atoms with van der Waals surface area (Å²) in [6, 6.07) is 10.1. The van der Waals surface area contributed by atoms with Crippen LogP contribution in [0.15, 0.2) is 36.5 Å². The zero-order chi connectivity index (χ0) is 17.8. The SMILES string of the molecule is CC(C)c1c(C(=O)N2CCNC(=O)CC2)cnn1Cc1ccccc1. The van der Waals surface area contributed by atoms with E-state index in [2.05, 4.69) is 36.4 Å². The molecule has 1 aromatic carbocycles. The minimum atomic E-state index is -0.0421. The molecule has 3 rings (SSSR count). The first-order chi connectivity index (χ1) is 12.1. The van der Waals surface area contributed by atoms with Gasteiger partial charge in [0.25, 0.3) is 5.91 Å². The Labute approximate surface area is 147 Å². The standard InChI is InChI=1S/C19H24N4O2/c1-14(2)18-16(19(25)22-10-8-17(24)20-9-11-22)12-21-23(18)13-15-6-4-3-5-7-15/h3-7,12,14H,8-11,13H2,1-2H3,(H,20,24). The number of hydrogen-bond donors (Lipinski definition) is 1. The molecule has 0 bridgehead atoms. The van der Waals surface area contributed by atoms with Crippen LogP contribution >= 0.6 is 0 Å². The molecule has 0 unspecified atom stereocenters. The maximum Gasteiger partial charge on any atom is 0.257 e. The van der Waals surface area contributed by atoms with E-state index in [0.717, 1.165) is 11.3 Å². The Balaban J connectivity index is 1.86. The van der Waals surface area contributed by atoms with Gasteiger partial charge in [0.2, 0.25) is 5.91 Å². The van der Waals surface area contributed by atoms with Crippen LogP contribution in [-0.4, -0.2) is 46.1 Å². The van der Waals surface area contributed by atoms with Crippen molar-refractivity contribution in [2.24, 2.45) is 0 Å². The third kappa shape index (κ3) is 3.90. The molecule has 0 atom stereocenters. The predicted octanol–water partition coefficient (Wildman–Crippen LogP) is 2.02. The molecule has 0 aliphatic carbocycles. The van der Waals surface area contributed by atoms with Crippen LogP contribution in [0.3, 0.4) is 0 Å². The van der Waals surface area contributed by atoms with E-state index in [9.17, 15) is 9.59 Å². The summed E-state index contributed by atoms with van der Waals surface area (Å²) in [5, 5.41) is 7.28. The fraction of sp³-hybridized carbons (Fsp3) is 0.421. The van der Waals surface area contributed by atoms with Crippen LogP contribution in [0.5, 0.6) is 0 Å². The molecule has 1 fully saturated rings. The maximum absolute atomic E-state index is 13.0. The molecular formula is C19H24N4O2. The summed E-state index contributed by atoms with van der Waals surface area (Å²) in [6.45, 7) is 6.27. The van der Waals surface area contributed by atoms with E-state index in [-0.39, 0.29) is 17.7 Å². The van der Waals surface area contributed by atoms with Gasteiger partial charge >= 0.3 is 0 Å². The molecule has 132 valence electrons. The van der Waals surface area contributed by atoms with Gasteiger partial charge in [-0.1, -0.05) is 44.2 Å². The molecule has 1 saturated heterocycles. The minimum absolute atomic E-state index is 0.000782. The smallest absolute Gasteiger partial charge is 0.257 e. The lowest BCUT2D eigenvalue weighted by Crippen LogP contribution is -2.34. The van der Waals surface area contributed by atoms with Crippen LogP contribution in [0.1, 0.15) is 47.8 Å². The number of carbonyl (C=O) groups is 2. The number of hydrogen-bond acceptors (Lipinski definition) is 3. The Morgan fingerprint density at radius 2 is 2.00 bits per heavy atom. The first-order valence-corrected chi connectivity index (χ1v) is 8.72. The summed E-state index contributed by atoms with van der Waals surface area (Å²) >= 11 is 0. The van der Waals surface area contributed by atoms with Crippen LogP contribution < -0.4 is 5.32 Å². The average molecular weight is 340 g/mol. The fourth-order valence-electron chi connectivity index (χ4n) is 3.19. The summed E-state index contributed by atoms with van der Waals surface area (Å²) in [4.78, 5) is 26.2. The Morgan fingerprint density at radius 1 is 1.24 bits per heavy atom. The number of nitrogens with zero attached hydrogens (tertiary/aromatic N) is 3. The van der Waals surface area contributed by atoms with E-state index in [1.165, 1.54) is 0 Å². The lowest BCUT2D eigenvalue weighted by Gasteiger charge is -2.20. The van der Waals surface area contributed by atoms with Crippen molar-refractivity contribution < 1.29 is 9.59 Å². The summed E-state index contributed by atoms with van der Waals surface area (Å²) in [6.07, 6.45) is 2.02. The second-order valence-corrected chi connectivity index (χ2v) is 6.63. The number of nitrogens with one attached hydrogen (secondary N) is 1. The minimum Gasteiger partial charge on any atom is -0.354 e. The number of aromatic nitrogens is 2. The van der Waals surface area contributed by atoms with Crippen LogP contribution in [0, 0.1) is 0 Å². The van der Waals surface area contributed by atoms with Gasteiger partial charge in [-0.2, -0.15) is 5.10 Å². The fourth-order valence-corrected chi connectivity index (χ4v) is 3.19. The van der Waals surface area contributed by atoms with E-state index < -0.39 is 0 Å². The number of benzene rings is 1. The third-order valence-corrected chi connectivity index (χ3v) is 4.43. The van der Waals surface area contributed by atoms with Crippen LogP contribution in [0.4, 0.5) is 0 Å². The van der Waals surface area contributed by atoms with E-state index in [1.54, 1.807) is 11.1 Å². The normalized spacial score (nSPS) is 15.2. The molecule has 25 heavy (non-hydrogen) atoms. The lowest BCUT2D eigenvalue weighted by molar-refractivity contribution is -0.120. The number of rotatable bonds is 4. The van der Waals surface area contributed by atoms with Crippen molar-refractivity contribution in [3.8, 4) is 0 Å². The third-order valence-electron chi connectivity index (χ3n) is 4.43. The topological polar surface area (TPSA) is 67.2 Å². The largest absolute Gasteiger partial charge is 0.354 e. The summed E-state index contributed by atoms with van der Waals surface area (Å²) in [5.41, 5.74) is 2.73. The van der Waals surface area contributed by atoms with Gasteiger partial charge in [0.05, 0.1) is 24.0 Å². The van der Waals surface area contributed by atoms with Gasteiger partial charge in [0.1, 0.15) is 0 Å². The zero-order valence-corrected chi connectivity index (χ0v) is 14.7. The van der Waals surface area contributed by atoms with Gasteiger partial charge in [0, 0.05) is 26.1 Å². The van der Waals surface area contributed by atoms with E-state index in [4.69, 9.17) is 0 Å². The van der Waals surface area contributed by atoms with Gasteiger partial charge in [-0.05, 0) is 11.5 Å². The molecule has 1 N–H and O–H groups in total. The van der Waals surface area contributed by atoms with E-state index in [1.807, 2.05) is 22.9 Å². The molecule has 0 saturated carbocycles. The molecular weight excluding hydrogens is 316 g/mol. The molecule has 2 amide bonds. The maximum atomic E-state index is 13.0. The highest BCUT2D eigenvalue weighted by Gasteiger charge is 2.25. The molecule has 1 aromatic heterocycles. The first kappa shape index (κ1) is 17.2. The molecule has 0 radical (unpaired) electrons. The van der Waals surface area contributed by atoms with E-state index in [0.29, 0.717) is 38.2 Å². The second-order valence-electron chi connectivity index (χ2n) is 6.63. The molecule has 2 aromatic rings. The van der Waals surface area contributed by atoms with E-state index >= 15 is 0 Å². The monoisotopic (exact) mass is 340 g/mol. The Bertz CT molecular complexity index is 752. The van der Waals surface area contributed by atoms with Crippen molar-refractivity contribution in [3.63, 3.8) is 0 Å². The molecule has 1 aliphatic rings. The highest BCUT2D eigenvalue weighted by Crippen LogP contribution is 2.22. The number of carbonyl (C=O) groups excluding carboxylic acids is 2. The highest BCUT2D eigenvalue weighted by molar-refractivity contribution is 5.95. The molecule has 2 heterocycles. The van der Waals surface area contributed by atoms with Crippen molar-refractivity contribution in [2.75, 3.05) is 19.6 Å². The van der Waals surface area contributed by atoms with Crippen LogP contribution in [0.2, 0.25) is 0 Å². The highest BCUT2D eigenvalue weighted by atomic mass is 16.2. The van der Waals surface area contributed by atoms with Crippen LogP contribution in [-0.2, 0) is 11.3 Å². The molecule has 1 aliphatic heterocycles. The summed E-state index contributed by atoms with van der Waals surface area (Å²) in [5.74, 6) is 0.135. The molecule has 6 heteroatoms. The van der Waals surface area contributed by atoms with Crippen LogP contribution in [0.25, 0.3) is 0 Å². The van der Waals surface area contributed by atoms with Crippen molar-refractivity contribution >= 4 is 11.8 Å². The number of amides is 2. The van der Waals surface area contributed by atoms with Gasteiger partial charge in [-0.3, -0.25) is 14.3 Å². The van der Waals surface area contributed by atoms with Gasteiger partial charge in [-0.15, -0.1) is 0 Å². The molecule has 6 nitrogen and oxygen atoms in total. The van der Waals surface area contributed by atoms with Crippen molar-refractivity contribution in [1.82, 2.24) is 20.0 Å². The lowest BCUT2D eigenvalue weighted by atomic mass is 10.0. The summed E-state index contributed by atoms with van der Waals surface area (Å²) in [7, 11) is 0. The van der Waals surface area contributed by atoms with Gasteiger partial charge in [-0.25, -0.2) is 0 Å². The Kier molecular flexibility index (Phi) is 5.16. The Morgan fingerprint density at radius 3 is 2.72 bits per heavy atom. The van der Waals surface area contributed by atoms with Gasteiger partial charge in [0.15, 0.2) is 0 Å². The second kappa shape index (κ2) is 7.51. The Hall–Kier alpha value is -2.63. The molecule has 0 spiro atoms.